The first-order valence-corrected chi connectivity index (χ1v) is 13.1. The minimum absolute atomic E-state index is 0.00303. The SMILES string of the molecule is Cc1ccc(C(=O)C2CCN(C(=O)C(c3ccccc3)N3CCS(=O)(=O)CC3)CC2)cc1. The molecular weight excluding hydrogens is 424 g/mol. The first-order chi connectivity index (χ1) is 15.3. The van der Waals surface area contributed by atoms with Gasteiger partial charge in [-0.3, -0.25) is 14.5 Å². The summed E-state index contributed by atoms with van der Waals surface area (Å²) < 4.78 is 23.8. The molecule has 4 rings (SSSR count). The fourth-order valence-corrected chi connectivity index (χ4v) is 5.85. The Hall–Kier alpha value is -2.51. The monoisotopic (exact) mass is 454 g/mol. The van der Waals surface area contributed by atoms with Crippen molar-refractivity contribution in [2.75, 3.05) is 37.7 Å². The molecule has 32 heavy (non-hydrogen) atoms. The lowest BCUT2D eigenvalue weighted by Crippen LogP contribution is -2.50. The number of piperidine rings is 1. The molecule has 2 aromatic carbocycles. The summed E-state index contributed by atoms with van der Waals surface area (Å²) in [7, 11) is -3.03. The molecule has 6 nitrogen and oxygen atoms in total. The summed E-state index contributed by atoms with van der Waals surface area (Å²) in [5, 5.41) is 0. The molecule has 1 unspecified atom stereocenters. The molecule has 2 aliphatic rings. The molecule has 2 fully saturated rings. The Morgan fingerprint density at radius 1 is 0.875 bits per heavy atom. The number of sulfone groups is 1. The molecular formula is C25H30N2O4S. The fraction of sp³-hybridized carbons (Fsp3) is 0.440. The Labute approximate surface area is 190 Å². The molecule has 0 bridgehead atoms. The van der Waals surface area contributed by atoms with Crippen LogP contribution in [0, 0.1) is 12.8 Å². The molecule has 2 aliphatic heterocycles. The normalized spacial score (nSPS) is 20.6. The van der Waals surface area contributed by atoms with Crippen LogP contribution in [0.5, 0.6) is 0 Å². The predicted molar refractivity (Wildman–Crippen MR) is 124 cm³/mol. The third-order valence-corrected chi connectivity index (χ3v) is 8.22. The average molecular weight is 455 g/mol. The molecule has 1 atom stereocenters. The van der Waals surface area contributed by atoms with Crippen LogP contribution >= 0.6 is 0 Å². The summed E-state index contributed by atoms with van der Waals surface area (Å²) in [6.07, 6.45) is 1.29. The summed E-state index contributed by atoms with van der Waals surface area (Å²) in [5.74, 6) is 0.236. The quantitative estimate of drug-likeness (QED) is 0.650. The van der Waals surface area contributed by atoms with Crippen molar-refractivity contribution in [2.24, 2.45) is 5.92 Å². The van der Waals surface area contributed by atoms with Crippen LogP contribution in [0.15, 0.2) is 54.6 Å². The van der Waals surface area contributed by atoms with Crippen molar-refractivity contribution in [1.82, 2.24) is 9.80 Å². The Bertz CT molecular complexity index is 1040. The van der Waals surface area contributed by atoms with E-state index in [4.69, 9.17) is 0 Å². The van der Waals surface area contributed by atoms with Crippen molar-refractivity contribution in [3.8, 4) is 0 Å². The minimum Gasteiger partial charge on any atom is -0.341 e. The zero-order valence-corrected chi connectivity index (χ0v) is 19.3. The fourth-order valence-electron chi connectivity index (χ4n) is 4.62. The number of carbonyl (C=O) groups is 2. The number of aryl methyl sites for hydroxylation is 1. The molecule has 7 heteroatoms. The molecule has 0 aliphatic carbocycles. The Kier molecular flexibility index (Phi) is 6.76. The number of hydrogen-bond acceptors (Lipinski definition) is 5. The topological polar surface area (TPSA) is 74.8 Å². The van der Waals surface area contributed by atoms with Gasteiger partial charge in [0.25, 0.3) is 0 Å². The highest BCUT2D eigenvalue weighted by Gasteiger charge is 2.37. The Morgan fingerprint density at radius 3 is 2.06 bits per heavy atom. The third-order valence-electron chi connectivity index (χ3n) is 6.61. The first-order valence-electron chi connectivity index (χ1n) is 11.2. The van der Waals surface area contributed by atoms with Crippen molar-refractivity contribution < 1.29 is 18.0 Å². The smallest absolute Gasteiger partial charge is 0.244 e. The van der Waals surface area contributed by atoms with Crippen LogP contribution < -0.4 is 0 Å². The number of carbonyl (C=O) groups excluding carboxylic acids is 2. The molecule has 0 N–H and O–H groups in total. The van der Waals surface area contributed by atoms with Gasteiger partial charge in [-0.15, -0.1) is 0 Å². The van der Waals surface area contributed by atoms with Gasteiger partial charge in [0, 0.05) is 37.7 Å². The number of ketones is 1. The molecule has 0 saturated carbocycles. The van der Waals surface area contributed by atoms with Crippen LogP contribution in [0.2, 0.25) is 0 Å². The molecule has 0 aromatic heterocycles. The highest BCUT2D eigenvalue weighted by Crippen LogP contribution is 2.29. The zero-order valence-electron chi connectivity index (χ0n) is 18.4. The summed E-state index contributed by atoms with van der Waals surface area (Å²) in [6, 6.07) is 16.8. The van der Waals surface area contributed by atoms with E-state index in [1.165, 1.54) is 0 Å². The standard InChI is InChI=1S/C25H30N2O4S/c1-19-7-9-21(10-8-19)24(28)22-11-13-27(14-12-22)25(29)23(20-5-3-2-4-6-20)26-15-17-32(30,31)18-16-26/h2-10,22-23H,11-18H2,1H3. The second kappa shape index (κ2) is 9.55. The van der Waals surface area contributed by atoms with Gasteiger partial charge in [-0.25, -0.2) is 8.42 Å². The van der Waals surface area contributed by atoms with Crippen molar-refractivity contribution in [1.29, 1.82) is 0 Å². The van der Waals surface area contributed by atoms with Gasteiger partial charge in [-0.1, -0.05) is 60.2 Å². The molecule has 170 valence electrons. The maximum absolute atomic E-state index is 13.6. The zero-order chi connectivity index (χ0) is 22.7. The van der Waals surface area contributed by atoms with E-state index in [0.717, 1.165) is 16.7 Å². The lowest BCUT2D eigenvalue weighted by molar-refractivity contribution is -0.138. The van der Waals surface area contributed by atoms with Crippen LogP contribution in [-0.4, -0.2) is 67.6 Å². The van der Waals surface area contributed by atoms with E-state index < -0.39 is 15.9 Å². The number of Topliss-reactive ketones (excluding diaryl/α,β-unsaturated/α-hetero) is 1. The molecule has 2 heterocycles. The number of hydrogen-bond donors (Lipinski definition) is 0. The number of amides is 1. The van der Waals surface area contributed by atoms with Gasteiger partial charge in [0.1, 0.15) is 6.04 Å². The van der Waals surface area contributed by atoms with Gasteiger partial charge in [-0.05, 0) is 25.3 Å². The van der Waals surface area contributed by atoms with E-state index in [2.05, 4.69) is 0 Å². The second-order valence-corrected chi connectivity index (χ2v) is 11.1. The van der Waals surface area contributed by atoms with E-state index in [9.17, 15) is 18.0 Å². The van der Waals surface area contributed by atoms with Crippen LogP contribution in [0.25, 0.3) is 0 Å². The first kappa shape index (κ1) is 22.7. The van der Waals surface area contributed by atoms with Crippen LogP contribution in [0.1, 0.15) is 40.4 Å². The molecule has 2 aromatic rings. The predicted octanol–water partition coefficient (Wildman–Crippen LogP) is 2.89. The molecule has 0 radical (unpaired) electrons. The van der Waals surface area contributed by atoms with Gasteiger partial charge >= 0.3 is 0 Å². The van der Waals surface area contributed by atoms with Gasteiger partial charge in [-0.2, -0.15) is 0 Å². The summed E-state index contributed by atoms with van der Waals surface area (Å²) in [6.45, 7) is 3.79. The minimum atomic E-state index is -3.03. The second-order valence-electron chi connectivity index (χ2n) is 8.83. The van der Waals surface area contributed by atoms with E-state index in [1.54, 1.807) is 0 Å². The van der Waals surface area contributed by atoms with E-state index in [-0.39, 0.29) is 29.1 Å². The Balaban J connectivity index is 1.45. The van der Waals surface area contributed by atoms with Crippen molar-refractivity contribution in [3.63, 3.8) is 0 Å². The summed E-state index contributed by atoms with van der Waals surface area (Å²) in [5.41, 5.74) is 2.74. The van der Waals surface area contributed by atoms with Crippen molar-refractivity contribution >= 4 is 21.5 Å². The third kappa shape index (κ3) is 5.10. The van der Waals surface area contributed by atoms with Crippen molar-refractivity contribution in [3.05, 3.63) is 71.3 Å². The summed E-state index contributed by atoms with van der Waals surface area (Å²) >= 11 is 0. The van der Waals surface area contributed by atoms with Gasteiger partial charge in [0.05, 0.1) is 11.5 Å². The van der Waals surface area contributed by atoms with E-state index in [0.29, 0.717) is 39.0 Å². The Morgan fingerprint density at radius 2 is 1.47 bits per heavy atom. The van der Waals surface area contributed by atoms with Crippen LogP contribution in [0.4, 0.5) is 0 Å². The number of likely N-dealkylation sites (tertiary alicyclic amines) is 1. The molecule has 0 spiro atoms. The number of benzene rings is 2. The van der Waals surface area contributed by atoms with Gasteiger partial charge < -0.3 is 4.90 Å². The van der Waals surface area contributed by atoms with Gasteiger partial charge in [0.15, 0.2) is 15.6 Å². The van der Waals surface area contributed by atoms with Gasteiger partial charge in [0.2, 0.25) is 5.91 Å². The summed E-state index contributed by atoms with van der Waals surface area (Å²) in [4.78, 5) is 30.3. The van der Waals surface area contributed by atoms with Crippen molar-refractivity contribution in [2.45, 2.75) is 25.8 Å². The average Bonchev–Trinajstić information content (AvgIpc) is 2.81. The maximum Gasteiger partial charge on any atom is 0.244 e. The lowest BCUT2D eigenvalue weighted by Gasteiger charge is -2.39. The largest absolute Gasteiger partial charge is 0.341 e. The molecule has 1 amide bonds. The highest BCUT2D eigenvalue weighted by molar-refractivity contribution is 7.91. The lowest BCUT2D eigenvalue weighted by atomic mass is 9.88. The van der Waals surface area contributed by atoms with E-state index in [1.807, 2.05) is 71.3 Å². The van der Waals surface area contributed by atoms with E-state index >= 15 is 0 Å². The number of rotatable bonds is 5. The van der Waals surface area contributed by atoms with Crippen LogP contribution in [0.3, 0.4) is 0 Å². The van der Waals surface area contributed by atoms with Crippen LogP contribution in [-0.2, 0) is 14.6 Å². The highest BCUT2D eigenvalue weighted by atomic mass is 32.2. The maximum atomic E-state index is 13.6. The number of nitrogens with zero attached hydrogens (tertiary/aromatic N) is 2. The molecule has 2 saturated heterocycles.